The van der Waals surface area contributed by atoms with Crippen LogP contribution in [-0.2, 0) is 5.41 Å². The molecule has 0 saturated carbocycles. The van der Waals surface area contributed by atoms with Gasteiger partial charge in [-0.15, -0.1) is 0 Å². The zero-order valence-electron chi connectivity index (χ0n) is 9.56. The minimum atomic E-state index is -0.137. The molecule has 16 heavy (non-hydrogen) atoms. The average molecular weight is 218 g/mol. The SMILES string of the molecule is CC(C)(C)c1noc(-c2cccc(N)n2)n1. The fraction of sp³-hybridized carbons (Fsp3) is 0.364. The third-order valence-electron chi connectivity index (χ3n) is 2.09. The van der Waals surface area contributed by atoms with Crippen molar-refractivity contribution in [2.75, 3.05) is 5.73 Å². The van der Waals surface area contributed by atoms with Crippen molar-refractivity contribution in [2.24, 2.45) is 0 Å². The third-order valence-corrected chi connectivity index (χ3v) is 2.09. The molecule has 0 aliphatic rings. The van der Waals surface area contributed by atoms with Crippen LogP contribution >= 0.6 is 0 Å². The topological polar surface area (TPSA) is 77.8 Å². The van der Waals surface area contributed by atoms with Gasteiger partial charge in [-0.25, -0.2) is 4.98 Å². The number of nitrogens with zero attached hydrogens (tertiary/aromatic N) is 3. The van der Waals surface area contributed by atoms with Crippen LogP contribution in [0.1, 0.15) is 26.6 Å². The molecule has 5 heteroatoms. The summed E-state index contributed by atoms with van der Waals surface area (Å²) in [5.74, 6) is 1.50. The molecular weight excluding hydrogens is 204 g/mol. The summed E-state index contributed by atoms with van der Waals surface area (Å²) in [6, 6.07) is 5.31. The van der Waals surface area contributed by atoms with E-state index in [0.717, 1.165) is 0 Å². The van der Waals surface area contributed by atoms with Gasteiger partial charge in [-0.3, -0.25) is 0 Å². The number of pyridine rings is 1. The summed E-state index contributed by atoms with van der Waals surface area (Å²) >= 11 is 0. The first-order valence-electron chi connectivity index (χ1n) is 5.04. The zero-order valence-corrected chi connectivity index (χ0v) is 9.56. The molecule has 0 aromatic carbocycles. The molecule has 84 valence electrons. The molecule has 0 radical (unpaired) electrons. The van der Waals surface area contributed by atoms with Gasteiger partial charge in [0.05, 0.1) is 0 Å². The van der Waals surface area contributed by atoms with Gasteiger partial charge in [0.15, 0.2) is 5.82 Å². The van der Waals surface area contributed by atoms with E-state index < -0.39 is 0 Å². The van der Waals surface area contributed by atoms with Crippen molar-refractivity contribution >= 4 is 5.82 Å². The molecule has 2 N–H and O–H groups in total. The van der Waals surface area contributed by atoms with E-state index in [-0.39, 0.29) is 5.41 Å². The Labute approximate surface area is 93.7 Å². The predicted octanol–water partition coefficient (Wildman–Crippen LogP) is 2.01. The molecule has 0 bridgehead atoms. The van der Waals surface area contributed by atoms with Crippen LogP contribution in [0.5, 0.6) is 0 Å². The van der Waals surface area contributed by atoms with Gasteiger partial charge in [0.2, 0.25) is 0 Å². The smallest absolute Gasteiger partial charge is 0.276 e. The second-order valence-electron chi connectivity index (χ2n) is 4.62. The maximum absolute atomic E-state index is 5.59. The maximum atomic E-state index is 5.59. The lowest BCUT2D eigenvalue weighted by atomic mass is 9.96. The number of nitrogen functional groups attached to an aromatic ring is 1. The molecule has 2 aromatic heterocycles. The molecular formula is C11H14N4O. The Kier molecular flexibility index (Phi) is 2.38. The highest BCUT2D eigenvalue weighted by molar-refractivity contribution is 5.50. The van der Waals surface area contributed by atoms with E-state index in [1.54, 1.807) is 18.2 Å². The lowest BCUT2D eigenvalue weighted by Crippen LogP contribution is -2.13. The largest absolute Gasteiger partial charge is 0.384 e. The zero-order chi connectivity index (χ0) is 11.8. The first-order chi connectivity index (χ1) is 7.47. The van der Waals surface area contributed by atoms with Crippen LogP contribution in [0.25, 0.3) is 11.6 Å². The average Bonchev–Trinajstić information content (AvgIpc) is 2.65. The van der Waals surface area contributed by atoms with Crippen LogP contribution in [0.15, 0.2) is 22.7 Å². The summed E-state index contributed by atoms with van der Waals surface area (Å²) in [5, 5.41) is 3.93. The van der Waals surface area contributed by atoms with Crippen molar-refractivity contribution in [1.29, 1.82) is 0 Å². The molecule has 0 saturated heterocycles. The Balaban J connectivity index is 2.39. The quantitative estimate of drug-likeness (QED) is 0.792. The van der Waals surface area contributed by atoms with Crippen LogP contribution in [0.2, 0.25) is 0 Å². The van der Waals surface area contributed by atoms with E-state index in [9.17, 15) is 0 Å². The van der Waals surface area contributed by atoms with E-state index in [2.05, 4.69) is 15.1 Å². The number of anilines is 1. The normalized spacial score (nSPS) is 11.7. The van der Waals surface area contributed by atoms with Crippen molar-refractivity contribution in [3.8, 4) is 11.6 Å². The van der Waals surface area contributed by atoms with Crippen molar-refractivity contribution in [3.05, 3.63) is 24.0 Å². The Morgan fingerprint density at radius 2 is 1.94 bits per heavy atom. The van der Waals surface area contributed by atoms with E-state index in [0.29, 0.717) is 23.2 Å². The molecule has 0 atom stereocenters. The summed E-state index contributed by atoms with van der Waals surface area (Å²) in [7, 11) is 0. The number of nitrogens with two attached hydrogens (primary N) is 1. The molecule has 0 aliphatic carbocycles. The molecule has 2 aromatic rings. The summed E-state index contributed by atoms with van der Waals surface area (Å²) in [6.45, 7) is 6.07. The first kappa shape index (κ1) is 10.6. The van der Waals surface area contributed by atoms with E-state index in [1.165, 1.54) is 0 Å². The first-order valence-corrected chi connectivity index (χ1v) is 5.04. The minimum absolute atomic E-state index is 0.137. The van der Waals surface area contributed by atoms with Gasteiger partial charge < -0.3 is 10.3 Å². The summed E-state index contributed by atoms with van der Waals surface area (Å²) in [4.78, 5) is 8.42. The molecule has 0 fully saturated rings. The standard InChI is InChI=1S/C11H14N4O/c1-11(2,3)10-14-9(16-15-10)7-5-4-6-8(12)13-7/h4-6H,1-3H3,(H2,12,13). The van der Waals surface area contributed by atoms with Gasteiger partial charge in [0.25, 0.3) is 5.89 Å². The van der Waals surface area contributed by atoms with Gasteiger partial charge in [-0.2, -0.15) is 4.98 Å². The Bertz CT molecular complexity index is 499. The van der Waals surface area contributed by atoms with Crippen LogP contribution < -0.4 is 5.73 Å². The fourth-order valence-corrected chi connectivity index (χ4v) is 1.20. The van der Waals surface area contributed by atoms with Gasteiger partial charge in [-0.1, -0.05) is 32.0 Å². The fourth-order valence-electron chi connectivity index (χ4n) is 1.20. The second kappa shape index (κ2) is 3.59. The lowest BCUT2D eigenvalue weighted by molar-refractivity contribution is 0.401. The maximum Gasteiger partial charge on any atom is 0.276 e. The molecule has 2 heterocycles. The van der Waals surface area contributed by atoms with Gasteiger partial charge in [0.1, 0.15) is 11.5 Å². The molecule has 0 unspecified atom stereocenters. The number of hydrogen-bond donors (Lipinski definition) is 1. The van der Waals surface area contributed by atoms with Gasteiger partial charge >= 0.3 is 0 Å². The highest BCUT2D eigenvalue weighted by Gasteiger charge is 2.21. The Morgan fingerprint density at radius 1 is 1.19 bits per heavy atom. The summed E-state index contributed by atoms with van der Waals surface area (Å²) in [6.07, 6.45) is 0. The van der Waals surface area contributed by atoms with Crippen LogP contribution in [0, 0.1) is 0 Å². The summed E-state index contributed by atoms with van der Waals surface area (Å²) in [5.41, 5.74) is 6.05. The predicted molar refractivity (Wildman–Crippen MR) is 60.6 cm³/mol. The number of aromatic nitrogens is 3. The van der Waals surface area contributed by atoms with Crippen molar-refractivity contribution in [2.45, 2.75) is 26.2 Å². The van der Waals surface area contributed by atoms with Gasteiger partial charge in [-0.05, 0) is 12.1 Å². The third kappa shape index (κ3) is 2.03. The van der Waals surface area contributed by atoms with E-state index in [4.69, 9.17) is 10.3 Å². The molecule has 5 nitrogen and oxygen atoms in total. The van der Waals surface area contributed by atoms with Crippen molar-refractivity contribution < 1.29 is 4.52 Å². The van der Waals surface area contributed by atoms with Gasteiger partial charge in [0, 0.05) is 5.41 Å². The number of hydrogen-bond acceptors (Lipinski definition) is 5. The second-order valence-corrected chi connectivity index (χ2v) is 4.62. The van der Waals surface area contributed by atoms with Crippen LogP contribution in [0.3, 0.4) is 0 Å². The molecule has 0 aliphatic heterocycles. The van der Waals surface area contributed by atoms with Crippen molar-refractivity contribution in [1.82, 2.24) is 15.1 Å². The van der Waals surface area contributed by atoms with Crippen LogP contribution in [-0.4, -0.2) is 15.1 Å². The monoisotopic (exact) mass is 218 g/mol. The van der Waals surface area contributed by atoms with E-state index >= 15 is 0 Å². The Morgan fingerprint density at radius 3 is 2.50 bits per heavy atom. The number of rotatable bonds is 1. The van der Waals surface area contributed by atoms with Crippen molar-refractivity contribution in [3.63, 3.8) is 0 Å². The minimum Gasteiger partial charge on any atom is -0.384 e. The van der Waals surface area contributed by atoms with Crippen LogP contribution in [0.4, 0.5) is 5.82 Å². The highest BCUT2D eigenvalue weighted by atomic mass is 16.5. The summed E-state index contributed by atoms with van der Waals surface area (Å²) < 4.78 is 5.15. The molecule has 2 rings (SSSR count). The molecule has 0 amide bonds. The highest BCUT2D eigenvalue weighted by Crippen LogP contribution is 2.22. The van der Waals surface area contributed by atoms with E-state index in [1.807, 2.05) is 20.8 Å². The Hall–Kier alpha value is -1.91. The molecule has 0 spiro atoms. The lowest BCUT2D eigenvalue weighted by Gasteiger charge is -2.10.